The molecule has 0 unspecified atom stereocenters. The molecule has 3 rings (SSSR count). The molecule has 0 spiro atoms. The number of ether oxygens (including phenoxy) is 3. The molecule has 0 N–H and O–H groups in total. The molecular weight excluding hydrogens is 380 g/mol. The van der Waals surface area contributed by atoms with Gasteiger partial charge in [-0.25, -0.2) is 0 Å². The Morgan fingerprint density at radius 3 is 2.40 bits per heavy atom. The van der Waals surface area contributed by atoms with Crippen molar-refractivity contribution in [2.24, 2.45) is 0 Å². The lowest BCUT2D eigenvalue weighted by molar-refractivity contribution is -0.122. The first-order valence-electron chi connectivity index (χ1n) is 10.4. The van der Waals surface area contributed by atoms with Crippen molar-refractivity contribution in [3.05, 3.63) is 53.6 Å². The number of likely N-dealkylation sites (tertiary alicyclic amines) is 1. The number of aryl methyl sites for hydroxylation is 1. The van der Waals surface area contributed by atoms with Crippen LogP contribution in [0, 0.1) is 6.92 Å². The summed E-state index contributed by atoms with van der Waals surface area (Å²) in [5.41, 5.74) is 3.43. The monoisotopic (exact) mass is 412 g/mol. The highest BCUT2D eigenvalue weighted by Gasteiger charge is 2.29. The Morgan fingerprint density at radius 1 is 1.03 bits per heavy atom. The summed E-state index contributed by atoms with van der Waals surface area (Å²) in [5.74, 6) is 1.22. The van der Waals surface area contributed by atoms with Gasteiger partial charge in [0.15, 0.2) is 11.5 Å². The lowest BCUT2D eigenvalue weighted by Gasteiger charge is -2.38. The topological polar surface area (TPSA) is 51.2 Å². The zero-order valence-corrected chi connectivity index (χ0v) is 18.4. The number of carbonyl (C=O) groups excluding carboxylic acids is 1. The Bertz CT molecular complexity index is 847. The molecule has 162 valence electrons. The molecule has 30 heavy (non-hydrogen) atoms. The van der Waals surface area contributed by atoms with E-state index in [4.69, 9.17) is 14.2 Å². The van der Waals surface area contributed by atoms with Gasteiger partial charge in [-0.2, -0.15) is 0 Å². The second kappa shape index (κ2) is 10.5. The van der Waals surface area contributed by atoms with Crippen LogP contribution in [-0.2, 0) is 16.1 Å². The van der Waals surface area contributed by atoms with E-state index in [1.54, 1.807) is 21.3 Å². The Labute approximate surface area is 179 Å². The number of piperidine rings is 1. The zero-order valence-electron chi connectivity index (χ0n) is 18.4. The van der Waals surface area contributed by atoms with Gasteiger partial charge in [-0.1, -0.05) is 29.8 Å². The maximum Gasteiger partial charge on any atom is 0.253 e. The second-order valence-corrected chi connectivity index (χ2v) is 7.73. The first kappa shape index (κ1) is 22.1. The molecule has 6 heteroatoms. The molecular formula is C24H32N2O4. The SMILES string of the molecule is COCC(=O)N(c1ccc(OC)c(OC)c1)C1CCN(Cc2cccc(C)c2)CC1. The molecule has 2 aromatic rings. The molecule has 1 saturated heterocycles. The van der Waals surface area contributed by atoms with Crippen LogP contribution in [0.15, 0.2) is 42.5 Å². The van der Waals surface area contributed by atoms with Gasteiger partial charge in [0.05, 0.1) is 14.2 Å². The number of amides is 1. The van der Waals surface area contributed by atoms with Crippen LogP contribution in [0.1, 0.15) is 24.0 Å². The molecule has 2 aromatic carbocycles. The Hall–Kier alpha value is -2.57. The van der Waals surface area contributed by atoms with Crippen molar-refractivity contribution in [3.63, 3.8) is 0 Å². The van der Waals surface area contributed by atoms with Crippen LogP contribution in [0.2, 0.25) is 0 Å². The number of anilines is 1. The minimum atomic E-state index is -0.0399. The van der Waals surface area contributed by atoms with Gasteiger partial charge in [-0.15, -0.1) is 0 Å². The lowest BCUT2D eigenvalue weighted by atomic mass is 10.0. The fourth-order valence-corrected chi connectivity index (χ4v) is 4.13. The number of hydrogen-bond donors (Lipinski definition) is 0. The predicted molar refractivity (Wildman–Crippen MR) is 118 cm³/mol. The molecule has 0 aliphatic carbocycles. The third-order valence-electron chi connectivity index (χ3n) is 5.59. The average Bonchev–Trinajstić information content (AvgIpc) is 2.75. The van der Waals surface area contributed by atoms with E-state index in [0.717, 1.165) is 38.2 Å². The molecule has 1 aliphatic rings. The van der Waals surface area contributed by atoms with Crippen LogP contribution >= 0.6 is 0 Å². The van der Waals surface area contributed by atoms with Crippen molar-refractivity contribution in [1.29, 1.82) is 0 Å². The summed E-state index contributed by atoms with van der Waals surface area (Å²) < 4.78 is 15.9. The molecule has 0 atom stereocenters. The van der Waals surface area contributed by atoms with Gasteiger partial charge in [-0.3, -0.25) is 9.69 Å². The molecule has 6 nitrogen and oxygen atoms in total. The first-order chi connectivity index (χ1) is 14.5. The Kier molecular flexibility index (Phi) is 7.71. The van der Waals surface area contributed by atoms with Gasteiger partial charge < -0.3 is 19.1 Å². The van der Waals surface area contributed by atoms with E-state index < -0.39 is 0 Å². The van der Waals surface area contributed by atoms with Gasteiger partial charge in [0, 0.05) is 44.5 Å². The van der Waals surface area contributed by atoms with Crippen LogP contribution in [0.5, 0.6) is 11.5 Å². The minimum Gasteiger partial charge on any atom is -0.493 e. The van der Waals surface area contributed by atoms with E-state index >= 15 is 0 Å². The normalized spacial score (nSPS) is 15.1. The summed E-state index contributed by atoms with van der Waals surface area (Å²) in [6, 6.07) is 14.4. The van der Waals surface area contributed by atoms with Crippen molar-refractivity contribution in [3.8, 4) is 11.5 Å². The fraction of sp³-hybridized carbons (Fsp3) is 0.458. The largest absolute Gasteiger partial charge is 0.493 e. The van der Waals surface area contributed by atoms with E-state index in [9.17, 15) is 4.79 Å². The minimum absolute atomic E-state index is 0.0399. The predicted octanol–water partition coefficient (Wildman–Crippen LogP) is 3.66. The first-order valence-corrected chi connectivity index (χ1v) is 10.4. The van der Waals surface area contributed by atoms with Crippen LogP contribution in [0.3, 0.4) is 0 Å². The van der Waals surface area contributed by atoms with Crippen LogP contribution in [0.4, 0.5) is 5.69 Å². The van der Waals surface area contributed by atoms with Gasteiger partial charge >= 0.3 is 0 Å². The number of hydrogen-bond acceptors (Lipinski definition) is 5. The van der Waals surface area contributed by atoms with E-state index in [2.05, 4.69) is 36.1 Å². The zero-order chi connectivity index (χ0) is 21.5. The molecule has 0 bridgehead atoms. The van der Waals surface area contributed by atoms with Crippen molar-refractivity contribution >= 4 is 11.6 Å². The third-order valence-corrected chi connectivity index (χ3v) is 5.59. The van der Waals surface area contributed by atoms with E-state index in [1.165, 1.54) is 11.1 Å². The van der Waals surface area contributed by atoms with Crippen LogP contribution < -0.4 is 14.4 Å². The standard InChI is InChI=1S/C24H32N2O4/c1-18-6-5-7-19(14-18)16-25-12-10-20(11-13-25)26(24(27)17-28-2)21-8-9-22(29-3)23(15-21)30-4/h5-9,14-15,20H,10-13,16-17H2,1-4H3. The molecule has 1 heterocycles. The molecule has 1 aliphatic heterocycles. The number of nitrogens with zero attached hydrogens (tertiary/aromatic N) is 2. The highest BCUT2D eigenvalue weighted by atomic mass is 16.5. The van der Waals surface area contributed by atoms with Crippen LogP contribution in [-0.4, -0.2) is 57.9 Å². The van der Waals surface area contributed by atoms with Crippen LogP contribution in [0.25, 0.3) is 0 Å². The maximum absolute atomic E-state index is 12.9. The third kappa shape index (κ3) is 5.32. The quantitative estimate of drug-likeness (QED) is 0.662. The fourth-order valence-electron chi connectivity index (χ4n) is 4.13. The number of carbonyl (C=O) groups is 1. The van der Waals surface area contributed by atoms with Gasteiger partial charge in [0.1, 0.15) is 6.61 Å². The lowest BCUT2D eigenvalue weighted by Crippen LogP contribution is -2.48. The molecule has 0 aromatic heterocycles. The number of benzene rings is 2. The summed E-state index contributed by atoms with van der Waals surface area (Å²) in [6.45, 7) is 5.01. The summed E-state index contributed by atoms with van der Waals surface area (Å²) in [5, 5.41) is 0. The summed E-state index contributed by atoms with van der Waals surface area (Å²) >= 11 is 0. The summed E-state index contributed by atoms with van der Waals surface area (Å²) in [7, 11) is 4.76. The van der Waals surface area contributed by atoms with Gasteiger partial charge in [-0.05, 0) is 37.5 Å². The second-order valence-electron chi connectivity index (χ2n) is 7.73. The maximum atomic E-state index is 12.9. The van der Waals surface area contributed by atoms with Crippen molar-refractivity contribution in [2.75, 3.05) is 45.9 Å². The van der Waals surface area contributed by atoms with Crippen molar-refractivity contribution < 1.29 is 19.0 Å². The molecule has 1 amide bonds. The smallest absolute Gasteiger partial charge is 0.253 e. The summed E-state index contributed by atoms with van der Waals surface area (Å²) in [6.07, 6.45) is 1.82. The van der Waals surface area contributed by atoms with E-state index in [1.807, 2.05) is 23.1 Å². The Balaban J connectivity index is 1.73. The highest BCUT2D eigenvalue weighted by molar-refractivity contribution is 5.95. The van der Waals surface area contributed by atoms with Gasteiger partial charge in [0.25, 0.3) is 5.91 Å². The summed E-state index contributed by atoms with van der Waals surface area (Å²) in [4.78, 5) is 17.3. The van der Waals surface area contributed by atoms with E-state index in [0.29, 0.717) is 11.5 Å². The van der Waals surface area contributed by atoms with Crippen molar-refractivity contribution in [2.45, 2.75) is 32.4 Å². The number of methoxy groups -OCH3 is 3. The van der Waals surface area contributed by atoms with Crippen molar-refractivity contribution in [1.82, 2.24) is 4.90 Å². The molecule has 1 fully saturated rings. The average molecular weight is 413 g/mol. The van der Waals surface area contributed by atoms with E-state index in [-0.39, 0.29) is 18.6 Å². The van der Waals surface area contributed by atoms with Gasteiger partial charge in [0.2, 0.25) is 0 Å². The molecule has 0 radical (unpaired) electrons. The highest BCUT2D eigenvalue weighted by Crippen LogP contribution is 2.34. The molecule has 0 saturated carbocycles. The number of rotatable bonds is 8. The Morgan fingerprint density at radius 2 is 1.77 bits per heavy atom.